The van der Waals surface area contributed by atoms with Crippen LogP contribution in [0, 0.1) is 0 Å². The first-order valence-electron chi connectivity index (χ1n) is 7.75. The zero-order valence-corrected chi connectivity index (χ0v) is 13.9. The number of urea groups is 1. The smallest absolute Gasteiger partial charge is 0.322 e. The molecule has 0 aromatic heterocycles. The molecule has 7 nitrogen and oxygen atoms in total. The first-order chi connectivity index (χ1) is 11.4. The summed E-state index contributed by atoms with van der Waals surface area (Å²) in [6, 6.07) is 6.49. The summed E-state index contributed by atoms with van der Waals surface area (Å²) < 4.78 is 5.64. The van der Waals surface area contributed by atoms with Crippen molar-refractivity contribution < 1.29 is 19.1 Å². The van der Waals surface area contributed by atoms with E-state index in [0.29, 0.717) is 36.7 Å². The summed E-state index contributed by atoms with van der Waals surface area (Å²) in [4.78, 5) is 37.4. The van der Waals surface area contributed by atoms with Gasteiger partial charge in [0.05, 0.1) is 5.02 Å². The average Bonchev–Trinajstić information content (AvgIpc) is 2.83. The molecular weight excluding hydrogens is 334 g/mol. The molecule has 1 atom stereocenters. The third kappa shape index (κ3) is 3.03. The van der Waals surface area contributed by atoms with Crippen LogP contribution >= 0.6 is 11.6 Å². The van der Waals surface area contributed by atoms with Crippen LogP contribution < -0.4 is 15.4 Å². The topological polar surface area (TPSA) is 87.7 Å². The van der Waals surface area contributed by atoms with Crippen LogP contribution in [0.15, 0.2) is 24.3 Å². The molecule has 0 bridgehead atoms. The van der Waals surface area contributed by atoms with Crippen LogP contribution in [0.1, 0.15) is 19.8 Å². The van der Waals surface area contributed by atoms with Gasteiger partial charge in [-0.3, -0.25) is 14.9 Å². The van der Waals surface area contributed by atoms with Gasteiger partial charge in [-0.05, 0) is 31.9 Å². The van der Waals surface area contributed by atoms with E-state index in [1.54, 1.807) is 36.1 Å². The standard InChI is InChI=1S/C16H18ClN3O4/c1-10(24-12-5-3-2-4-11(12)17)13(21)20-8-6-16(7-9-20)14(22)18-15(23)19-16/h2-5,10H,6-9H2,1H3,(H2,18,19,22,23)/t10-/m0/s1. The lowest BCUT2D eigenvalue weighted by atomic mass is 9.87. The van der Waals surface area contributed by atoms with E-state index in [0.717, 1.165) is 0 Å². The van der Waals surface area contributed by atoms with Crippen molar-refractivity contribution in [3.8, 4) is 5.75 Å². The Bertz CT molecular complexity index is 686. The zero-order chi connectivity index (χ0) is 17.3. The van der Waals surface area contributed by atoms with Crippen LogP contribution in [0.4, 0.5) is 4.79 Å². The number of imide groups is 1. The maximum atomic E-state index is 12.5. The number of nitrogens with one attached hydrogen (secondary N) is 2. The highest BCUT2D eigenvalue weighted by atomic mass is 35.5. The van der Waals surface area contributed by atoms with Crippen LogP contribution in [-0.4, -0.2) is 47.5 Å². The molecule has 1 aromatic rings. The highest BCUT2D eigenvalue weighted by molar-refractivity contribution is 6.32. The molecule has 2 heterocycles. The second-order valence-electron chi connectivity index (χ2n) is 6.01. The Kier molecular flexibility index (Phi) is 4.36. The fraction of sp³-hybridized carbons (Fsp3) is 0.438. The van der Waals surface area contributed by atoms with Gasteiger partial charge >= 0.3 is 6.03 Å². The number of nitrogens with zero attached hydrogens (tertiary/aromatic N) is 1. The fourth-order valence-electron chi connectivity index (χ4n) is 3.03. The van der Waals surface area contributed by atoms with Gasteiger partial charge in [-0.1, -0.05) is 23.7 Å². The molecule has 3 rings (SSSR count). The van der Waals surface area contributed by atoms with Gasteiger partial charge in [-0.25, -0.2) is 4.79 Å². The molecule has 2 fully saturated rings. The van der Waals surface area contributed by atoms with E-state index in [9.17, 15) is 14.4 Å². The predicted octanol–water partition coefficient (Wildman–Crippen LogP) is 1.31. The summed E-state index contributed by atoms with van der Waals surface area (Å²) in [5, 5.41) is 5.36. The number of para-hydroxylation sites is 1. The first kappa shape index (κ1) is 16.6. The van der Waals surface area contributed by atoms with Gasteiger partial charge in [0, 0.05) is 13.1 Å². The van der Waals surface area contributed by atoms with Gasteiger partial charge in [-0.15, -0.1) is 0 Å². The normalized spacial score (nSPS) is 20.5. The largest absolute Gasteiger partial charge is 0.479 e. The molecule has 0 unspecified atom stereocenters. The number of rotatable bonds is 3. The van der Waals surface area contributed by atoms with Gasteiger partial charge in [0.1, 0.15) is 11.3 Å². The predicted molar refractivity (Wildman–Crippen MR) is 86.8 cm³/mol. The molecule has 0 aliphatic carbocycles. The number of likely N-dealkylation sites (tertiary alicyclic amines) is 1. The maximum absolute atomic E-state index is 12.5. The number of piperidine rings is 1. The minimum atomic E-state index is -0.888. The number of hydrogen-bond donors (Lipinski definition) is 2. The highest BCUT2D eigenvalue weighted by Crippen LogP contribution is 2.27. The van der Waals surface area contributed by atoms with Crippen LogP contribution in [-0.2, 0) is 9.59 Å². The molecule has 2 saturated heterocycles. The van der Waals surface area contributed by atoms with Gasteiger partial charge in [0.25, 0.3) is 11.8 Å². The Morgan fingerprint density at radius 2 is 1.96 bits per heavy atom. The monoisotopic (exact) mass is 351 g/mol. The Morgan fingerprint density at radius 1 is 1.29 bits per heavy atom. The van der Waals surface area contributed by atoms with E-state index in [1.165, 1.54) is 0 Å². The molecule has 128 valence electrons. The van der Waals surface area contributed by atoms with Crippen molar-refractivity contribution in [2.24, 2.45) is 0 Å². The summed E-state index contributed by atoms with van der Waals surface area (Å²) in [5.74, 6) is -0.0367. The minimum Gasteiger partial charge on any atom is -0.479 e. The molecule has 2 aliphatic heterocycles. The van der Waals surface area contributed by atoms with E-state index in [2.05, 4.69) is 10.6 Å². The number of hydrogen-bond acceptors (Lipinski definition) is 4. The summed E-state index contributed by atoms with van der Waals surface area (Å²) in [6.45, 7) is 2.42. The highest BCUT2D eigenvalue weighted by Gasteiger charge is 2.48. The quantitative estimate of drug-likeness (QED) is 0.804. The Morgan fingerprint density at radius 3 is 2.54 bits per heavy atom. The fourth-order valence-corrected chi connectivity index (χ4v) is 3.21. The number of halogens is 1. The molecule has 1 aromatic carbocycles. The van der Waals surface area contributed by atoms with E-state index < -0.39 is 17.7 Å². The van der Waals surface area contributed by atoms with E-state index >= 15 is 0 Å². The van der Waals surface area contributed by atoms with E-state index in [4.69, 9.17) is 16.3 Å². The second-order valence-corrected chi connectivity index (χ2v) is 6.41. The maximum Gasteiger partial charge on any atom is 0.322 e. The Balaban J connectivity index is 1.60. The number of benzene rings is 1. The van der Waals surface area contributed by atoms with Crippen LogP contribution in [0.2, 0.25) is 5.02 Å². The molecule has 2 aliphatic rings. The minimum absolute atomic E-state index is 0.172. The molecule has 2 N–H and O–H groups in total. The summed E-state index contributed by atoms with van der Waals surface area (Å²) in [7, 11) is 0. The zero-order valence-electron chi connectivity index (χ0n) is 13.2. The molecule has 1 spiro atoms. The van der Waals surface area contributed by atoms with Crippen molar-refractivity contribution in [3.05, 3.63) is 29.3 Å². The van der Waals surface area contributed by atoms with Gasteiger partial charge < -0.3 is 15.0 Å². The van der Waals surface area contributed by atoms with Crippen LogP contribution in [0.5, 0.6) is 5.75 Å². The van der Waals surface area contributed by atoms with E-state index in [-0.39, 0.29) is 11.8 Å². The third-order valence-corrected chi connectivity index (χ3v) is 4.74. The van der Waals surface area contributed by atoms with Crippen molar-refractivity contribution in [3.63, 3.8) is 0 Å². The van der Waals surface area contributed by atoms with Crippen molar-refractivity contribution in [1.29, 1.82) is 0 Å². The lowest BCUT2D eigenvalue weighted by molar-refractivity contribution is -0.141. The van der Waals surface area contributed by atoms with Crippen LogP contribution in [0.25, 0.3) is 0 Å². The van der Waals surface area contributed by atoms with Crippen molar-refractivity contribution in [2.45, 2.75) is 31.4 Å². The third-order valence-electron chi connectivity index (χ3n) is 4.43. The Labute approximate surface area is 144 Å². The first-order valence-corrected chi connectivity index (χ1v) is 8.13. The summed E-state index contributed by atoms with van der Waals surface area (Å²) in [6.07, 6.45) is 0.0792. The Hall–Kier alpha value is -2.28. The average molecular weight is 352 g/mol. The molecule has 0 saturated carbocycles. The van der Waals surface area contributed by atoms with E-state index in [1.807, 2.05) is 0 Å². The second kappa shape index (κ2) is 6.32. The van der Waals surface area contributed by atoms with Crippen molar-refractivity contribution >= 4 is 29.4 Å². The molecule has 24 heavy (non-hydrogen) atoms. The number of carbonyl (C=O) groups excluding carboxylic acids is 3. The number of carbonyl (C=O) groups is 3. The molecule has 0 radical (unpaired) electrons. The SMILES string of the molecule is C[C@H](Oc1ccccc1Cl)C(=O)N1CCC2(CC1)NC(=O)NC2=O. The molecule has 4 amide bonds. The summed E-state index contributed by atoms with van der Waals surface area (Å²) >= 11 is 6.04. The number of amides is 4. The lowest BCUT2D eigenvalue weighted by Crippen LogP contribution is -2.57. The van der Waals surface area contributed by atoms with Crippen molar-refractivity contribution in [1.82, 2.24) is 15.5 Å². The van der Waals surface area contributed by atoms with Gasteiger partial charge in [-0.2, -0.15) is 0 Å². The number of ether oxygens (including phenoxy) is 1. The summed E-state index contributed by atoms with van der Waals surface area (Å²) in [5.41, 5.74) is -0.888. The van der Waals surface area contributed by atoms with Gasteiger partial charge in [0.15, 0.2) is 6.10 Å². The molecular formula is C16H18ClN3O4. The molecule has 8 heteroatoms. The lowest BCUT2D eigenvalue weighted by Gasteiger charge is -2.37. The van der Waals surface area contributed by atoms with Gasteiger partial charge in [0.2, 0.25) is 0 Å². The van der Waals surface area contributed by atoms with Crippen molar-refractivity contribution in [2.75, 3.05) is 13.1 Å². The van der Waals surface area contributed by atoms with Crippen LogP contribution in [0.3, 0.4) is 0 Å².